The molecule has 0 aromatic rings. The third-order valence-electron chi connectivity index (χ3n) is 1.87. The van der Waals surface area contributed by atoms with E-state index in [1.165, 1.54) is 0 Å². The Bertz CT molecular complexity index is 136. The molecule has 0 aliphatic carbocycles. The van der Waals surface area contributed by atoms with Gasteiger partial charge in [-0.05, 0) is 6.92 Å². The zero-order chi connectivity index (χ0) is 7.56. The molecule has 0 radical (unpaired) electrons. The summed E-state index contributed by atoms with van der Waals surface area (Å²) in [7, 11) is 1.97. The monoisotopic (exact) mass is 142 g/mol. The summed E-state index contributed by atoms with van der Waals surface area (Å²) in [5.74, 6) is 0. The van der Waals surface area contributed by atoms with Crippen LogP contribution in [0.4, 0.5) is 0 Å². The molecule has 0 saturated carbocycles. The number of nitrogens with zero attached hydrogens (tertiary/aromatic N) is 2. The SMILES string of the molecule is CCN1C=CN(C)C1CO. The lowest BCUT2D eigenvalue weighted by molar-refractivity contribution is 0.100. The Balaban J connectivity index is 2.53. The van der Waals surface area contributed by atoms with E-state index in [9.17, 15) is 0 Å². The highest BCUT2D eigenvalue weighted by atomic mass is 16.3. The van der Waals surface area contributed by atoms with Gasteiger partial charge in [-0.15, -0.1) is 0 Å². The van der Waals surface area contributed by atoms with E-state index in [2.05, 4.69) is 11.8 Å². The summed E-state index contributed by atoms with van der Waals surface area (Å²) in [5, 5.41) is 8.91. The number of hydrogen-bond donors (Lipinski definition) is 1. The van der Waals surface area contributed by atoms with Gasteiger partial charge in [-0.3, -0.25) is 0 Å². The number of aliphatic hydroxyl groups excluding tert-OH is 1. The van der Waals surface area contributed by atoms with Crippen LogP contribution in [0.5, 0.6) is 0 Å². The third kappa shape index (κ3) is 1.09. The number of likely N-dealkylation sites (N-methyl/N-ethyl adjacent to an activating group) is 2. The molecule has 3 nitrogen and oxygen atoms in total. The van der Waals surface area contributed by atoms with E-state index in [0.717, 1.165) is 6.54 Å². The van der Waals surface area contributed by atoms with E-state index < -0.39 is 0 Å². The summed E-state index contributed by atoms with van der Waals surface area (Å²) in [5.41, 5.74) is 0. The Hall–Kier alpha value is -0.700. The summed E-state index contributed by atoms with van der Waals surface area (Å²) in [6.45, 7) is 3.22. The highest BCUT2D eigenvalue weighted by molar-refractivity contribution is 4.94. The van der Waals surface area contributed by atoms with E-state index in [4.69, 9.17) is 5.11 Å². The molecule has 10 heavy (non-hydrogen) atoms. The van der Waals surface area contributed by atoms with Gasteiger partial charge in [-0.2, -0.15) is 0 Å². The van der Waals surface area contributed by atoms with E-state index >= 15 is 0 Å². The van der Waals surface area contributed by atoms with Crippen LogP contribution in [0.3, 0.4) is 0 Å². The molecule has 0 amide bonds. The molecule has 1 unspecified atom stereocenters. The molecule has 1 N–H and O–H groups in total. The Morgan fingerprint density at radius 3 is 2.60 bits per heavy atom. The first-order valence-corrected chi connectivity index (χ1v) is 3.56. The van der Waals surface area contributed by atoms with Gasteiger partial charge in [0.2, 0.25) is 0 Å². The van der Waals surface area contributed by atoms with Crippen molar-refractivity contribution in [1.82, 2.24) is 9.80 Å². The predicted molar refractivity (Wildman–Crippen MR) is 40.2 cm³/mol. The molecule has 58 valence electrons. The highest BCUT2D eigenvalue weighted by Crippen LogP contribution is 2.11. The second kappa shape index (κ2) is 2.92. The van der Waals surface area contributed by atoms with E-state index in [1.807, 2.05) is 24.3 Å². The Kier molecular flexibility index (Phi) is 2.17. The van der Waals surface area contributed by atoms with Crippen molar-refractivity contribution in [2.75, 3.05) is 20.2 Å². The molecule has 1 aliphatic rings. The van der Waals surface area contributed by atoms with Crippen molar-refractivity contribution in [1.29, 1.82) is 0 Å². The first kappa shape index (κ1) is 7.41. The smallest absolute Gasteiger partial charge is 0.124 e. The number of hydrogen-bond acceptors (Lipinski definition) is 3. The van der Waals surface area contributed by atoms with Gasteiger partial charge in [0, 0.05) is 26.0 Å². The van der Waals surface area contributed by atoms with Crippen LogP contribution >= 0.6 is 0 Å². The van der Waals surface area contributed by atoms with Gasteiger partial charge in [0.1, 0.15) is 6.17 Å². The highest BCUT2D eigenvalue weighted by Gasteiger charge is 2.20. The maximum atomic E-state index is 8.91. The van der Waals surface area contributed by atoms with Crippen molar-refractivity contribution in [2.45, 2.75) is 13.1 Å². The van der Waals surface area contributed by atoms with Gasteiger partial charge in [0.15, 0.2) is 0 Å². The first-order valence-electron chi connectivity index (χ1n) is 3.56. The molecular weight excluding hydrogens is 128 g/mol. The largest absolute Gasteiger partial charge is 0.392 e. The quantitative estimate of drug-likeness (QED) is 0.590. The van der Waals surface area contributed by atoms with Crippen LogP contribution in [0.1, 0.15) is 6.92 Å². The van der Waals surface area contributed by atoms with Crippen molar-refractivity contribution in [3.63, 3.8) is 0 Å². The fourth-order valence-electron chi connectivity index (χ4n) is 1.17. The summed E-state index contributed by atoms with van der Waals surface area (Å²) in [4.78, 5) is 4.10. The molecule has 3 heteroatoms. The molecule has 0 bridgehead atoms. The van der Waals surface area contributed by atoms with Crippen molar-refractivity contribution in [3.8, 4) is 0 Å². The van der Waals surface area contributed by atoms with Gasteiger partial charge >= 0.3 is 0 Å². The van der Waals surface area contributed by atoms with Crippen LogP contribution in [0.15, 0.2) is 12.4 Å². The average molecular weight is 142 g/mol. The molecule has 1 atom stereocenters. The van der Waals surface area contributed by atoms with Crippen LogP contribution in [0, 0.1) is 0 Å². The summed E-state index contributed by atoms with van der Waals surface area (Å²) >= 11 is 0. The molecule has 0 fully saturated rings. The Labute approximate surface area is 61.5 Å². The van der Waals surface area contributed by atoms with E-state index in [1.54, 1.807) is 0 Å². The lowest BCUT2D eigenvalue weighted by Crippen LogP contribution is -2.39. The topological polar surface area (TPSA) is 26.7 Å². The van der Waals surface area contributed by atoms with Crippen molar-refractivity contribution < 1.29 is 5.11 Å². The maximum absolute atomic E-state index is 8.91. The van der Waals surface area contributed by atoms with Crippen molar-refractivity contribution in [3.05, 3.63) is 12.4 Å². The molecule has 1 aliphatic heterocycles. The van der Waals surface area contributed by atoms with E-state index in [-0.39, 0.29) is 12.8 Å². The van der Waals surface area contributed by atoms with Gasteiger partial charge in [-0.25, -0.2) is 0 Å². The molecule has 0 saturated heterocycles. The average Bonchev–Trinajstić information content (AvgIpc) is 2.30. The van der Waals surface area contributed by atoms with Crippen LogP contribution < -0.4 is 0 Å². The lowest BCUT2D eigenvalue weighted by Gasteiger charge is -2.27. The predicted octanol–water partition coefficient (Wildman–Crippen LogP) is 0.0433. The molecule has 0 aromatic carbocycles. The summed E-state index contributed by atoms with van der Waals surface area (Å²) < 4.78 is 0. The van der Waals surface area contributed by atoms with Crippen LogP contribution in [-0.2, 0) is 0 Å². The summed E-state index contributed by atoms with van der Waals surface area (Å²) in [6, 6.07) is 0. The van der Waals surface area contributed by atoms with Gasteiger partial charge in [0.25, 0.3) is 0 Å². The Morgan fingerprint density at radius 1 is 1.50 bits per heavy atom. The first-order chi connectivity index (χ1) is 4.79. The normalized spacial score (nSPS) is 24.5. The standard InChI is InChI=1S/C7H14N2O/c1-3-9-5-4-8(2)7(9)6-10/h4-5,7,10H,3,6H2,1-2H3. The minimum atomic E-state index is 0.157. The molecule has 0 spiro atoms. The van der Waals surface area contributed by atoms with Gasteiger partial charge in [-0.1, -0.05) is 0 Å². The zero-order valence-electron chi connectivity index (χ0n) is 6.49. The number of aliphatic hydroxyl groups is 1. The van der Waals surface area contributed by atoms with Crippen molar-refractivity contribution in [2.24, 2.45) is 0 Å². The van der Waals surface area contributed by atoms with Gasteiger partial charge in [0.05, 0.1) is 6.61 Å². The molecule has 1 rings (SSSR count). The van der Waals surface area contributed by atoms with Crippen molar-refractivity contribution >= 4 is 0 Å². The van der Waals surface area contributed by atoms with Crippen LogP contribution in [0.2, 0.25) is 0 Å². The fraction of sp³-hybridized carbons (Fsp3) is 0.714. The van der Waals surface area contributed by atoms with Crippen LogP contribution in [-0.4, -0.2) is 41.3 Å². The lowest BCUT2D eigenvalue weighted by atomic mass is 10.4. The second-order valence-corrected chi connectivity index (χ2v) is 2.46. The molecule has 1 heterocycles. The van der Waals surface area contributed by atoms with Crippen LogP contribution in [0.25, 0.3) is 0 Å². The minimum Gasteiger partial charge on any atom is -0.392 e. The zero-order valence-corrected chi connectivity index (χ0v) is 6.49. The van der Waals surface area contributed by atoms with E-state index in [0.29, 0.717) is 0 Å². The fourth-order valence-corrected chi connectivity index (χ4v) is 1.17. The third-order valence-corrected chi connectivity index (χ3v) is 1.87. The molecular formula is C7H14N2O. The minimum absolute atomic E-state index is 0.157. The van der Waals surface area contributed by atoms with Gasteiger partial charge < -0.3 is 14.9 Å². The summed E-state index contributed by atoms with van der Waals surface area (Å²) in [6.07, 6.45) is 4.13. The Morgan fingerprint density at radius 2 is 2.20 bits per heavy atom. The maximum Gasteiger partial charge on any atom is 0.124 e. The number of rotatable bonds is 2. The second-order valence-electron chi connectivity index (χ2n) is 2.46. The molecule has 0 aromatic heterocycles.